The molecule has 0 aromatic rings. The van der Waals surface area contributed by atoms with Gasteiger partial charge in [0.05, 0.1) is 12.6 Å². The van der Waals surface area contributed by atoms with Crippen molar-refractivity contribution in [2.24, 2.45) is 0 Å². The fourth-order valence-corrected chi connectivity index (χ4v) is 2.03. The van der Waals surface area contributed by atoms with E-state index in [1.54, 1.807) is 0 Å². The van der Waals surface area contributed by atoms with E-state index in [0.29, 0.717) is 6.54 Å². The summed E-state index contributed by atoms with van der Waals surface area (Å²) in [7, 11) is 0. The summed E-state index contributed by atoms with van der Waals surface area (Å²) in [5.41, 5.74) is 0. The standard InChI is InChI=1S/C8H15F2N3/c9-8(10)6-12-5-7(8)13-3-1-11-2-4-13/h7,11-12H,1-6H2. The first-order valence-corrected chi connectivity index (χ1v) is 4.73. The van der Waals surface area contributed by atoms with Gasteiger partial charge in [0.15, 0.2) is 0 Å². The van der Waals surface area contributed by atoms with Gasteiger partial charge >= 0.3 is 0 Å². The lowest BCUT2D eigenvalue weighted by molar-refractivity contribution is -0.0506. The summed E-state index contributed by atoms with van der Waals surface area (Å²) in [6.07, 6.45) is 0. The maximum Gasteiger partial charge on any atom is 0.276 e. The largest absolute Gasteiger partial charge is 0.314 e. The van der Waals surface area contributed by atoms with Gasteiger partial charge in [-0.05, 0) is 0 Å². The van der Waals surface area contributed by atoms with Crippen molar-refractivity contribution in [3.05, 3.63) is 0 Å². The lowest BCUT2D eigenvalue weighted by Crippen LogP contribution is -2.54. The number of hydrogen-bond acceptors (Lipinski definition) is 3. The Labute approximate surface area is 76.5 Å². The number of nitrogens with zero attached hydrogens (tertiary/aromatic N) is 1. The molecule has 2 saturated heterocycles. The van der Waals surface area contributed by atoms with Crippen molar-refractivity contribution in [2.45, 2.75) is 12.0 Å². The zero-order valence-corrected chi connectivity index (χ0v) is 7.52. The fourth-order valence-electron chi connectivity index (χ4n) is 2.03. The number of halogens is 2. The first-order chi connectivity index (χ1) is 6.20. The first-order valence-electron chi connectivity index (χ1n) is 4.73. The zero-order chi connectivity index (χ0) is 9.31. The minimum absolute atomic E-state index is 0.165. The molecule has 2 fully saturated rings. The van der Waals surface area contributed by atoms with Crippen molar-refractivity contribution in [1.82, 2.24) is 15.5 Å². The van der Waals surface area contributed by atoms with Crippen LogP contribution in [0.15, 0.2) is 0 Å². The minimum Gasteiger partial charge on any atom is -0.314 e. The van der Waals surface area contributed by atoms with Gasteiger partial charge < -0.3 is 10.6 Å². The topological polar surface area (TPSA) is 27.3 Å². The molecule has 0 aromatic carbocycles. The Morgan fingerprint density at radius 2 is 1.85 bits per heavy atom. The molecule has 13 heavy (non-hydrogen) atoms. The summed E-state index contributed by atoms with van der Waals surface area (Å²) < 4.78 is 26.5. The van der Waals surface area contributed by atoms with Gasteiger partial charge in [0.1, 0.15) is 0 Å². The van der Waals surface area contributed by atoms with Crippen LogP contribution >= 0.6 is 0 Å². The van der Waals surface area contributed by atoms with Crippen molar-refractivity contribution in [3.8, 4) is 0 Å². The van der Waals surface area contributed by atoms with Gasteiger partial charge in [-0.3, -0.25) is 4.90 Å². The number of alkyl halides is 2. The summed E-state index contributed by atoms with van der Waals surface area (Å²) in [6.45, 7) is 3.39. The molecule has 0 saturated carbocycles. The monoisotopic (exact) mass is 191 g/mol. The molecular formula is C8H15F2N3. The van der Waals surface area contributed by atoms with Crippen LogP contribution in [-0.2, 0) is 0 Å². The summed E-state index contributed by atoms with van der Waals surface area (Å²) in [5, 5.41) is 5.91. The van der Waals surface area contributed by atoms with Crippen LogP contribution < -0.4 is 10.6 Å². The summed E-state index contributed by atoms with van der Waals surface area (Å²) in [4.78, 5) is 1.89. The van der Waals surface area contributed by atoms with E-state index < -0.39 is 12.0 Å². The highest BCUT2D eigenvalue weighted by Crippen LogP contribution is 2.26. The number of rotatable bonds is 1. The average molecular weight is 191 g/mol. The number of nitrogens with one attached hydrogen (secondary N) is 2. The fraction of sp³-hybridized carbons (Fsp3) is 1.00. The Bertz CT molecular complexity index is 180. The molecular weight excluding hydrogens is 176 g/mol. The third kappa shape index (κ3) is 1.82. The van der Waals surface area contributed by atoms with Gasteiger partial charge in [0.25, 0.3) is 5.92 Å². The van der Waals surface area contributed by atoms with Crippen molar-refractivity contribution in [3.63, 3.8) is 0 Å². The highest BCUT2D eigenvalue weighted by Gasteiger charge is 2.47. The van der Waals surface area contributed by atoms with Crippen molar-refractivity contribution < 1.29 is 8.78 Å². The Kier molecular flexibility index (Phi) is 2.49. The minimum atomic E-state index is -2.54. The molecule has 1 atom stereocenters. The van der Waals surface area contributed by atoms with E-state index >= 15 is 0 Å². The molecule has 0 spiro atoms. The second-order valence-electron chi connectivity index (χ2n) is 3.69. The molecule has 76 valence electrons. The zero-order valence-electron chi connectivity index (χ0n) is 7.52. The van der Waals surface area contributed by atoms with Crippen LogP contribution in [-0.4, -0.2) is 56.1 Å². The summed E-state index contributed by atoms with van der Waals surface area (Å²) in [5.74, 6) is -2.54. The van der Waals surface area contributed by atoms with Crippen LogP contribution in [0.1, 0.15) is 0 Å². The van der Waals surface area contributed by atoms with Crippen molar-refractivity contribution in [1.29, 1.82) is 0 Å². The quantitative estimate of drug-likeness (QED) is 0.585. The predicted molar refractivity (Wildman–Crippen MR) is 46.0 cm³/mol. The second kappa shape index (κ2) is 3.48. The van der Waals surface area contributed by atoms with Gasteiger partial charge in [-0.25, -0.2) is 8.78 Å². The van der Waals surface area contributed by atoms with E-state index in [1.807, 2.05) is 4.90 Å². The SMILES string of the molecule is FC1(F)CNCC1N1CCNCC1. The van der Waals surface area contributed by atoms with E-state index in [9.17, 15) is 8.78 Å². The Hall–Kier alpha value is -0.260. The van der Waals surface area contributed by atoms with E-state index in [1.165, 1.54) is 0 Å². The number of piperazine rings is 1. The van der Waals surface area contributed by atoms with E-state index in [-0.39, 0.29) is 6.54 Å². The highest BCUT2D eigenvalue weighted by molar-refractivity contribution is 4.96. The average Bonchev–Trinajstić information content (AvgIpc) is 2.47. The van der Waals surface area contributed by atoms with Crippen LogP contribution in [0.25, 0.3) is 0 Å². The first kappa shape index (κ1) is 9.30. The summed E-state index contributed by atoms with van der Waals surface area (Å²) >= 11 is 0. The lowest BCUT2D eigenvalue weighted by atomic mass is 10.1. The predicted octanol–water partition coefficient (Wildman–Crippen LogP) is -0.501. The molecule has 0 aliphatic carbocycles. The number of hydrogen-bond donors (Lipinski definition) is 2. The molecule has 2 N–H and O–H groups in total. The Morgan fingerprint density at radius 1 is 1.15 bits per heavy atom. The van der Waals surface area contributed by atoms with Crippen LogP contribution in [0.2, 0.25) is 0 Å². The van der Waals surface area contributed by atoms with E-state index in [4.69, 9.17) is 0 Å². The summed E-state index contributed by atoms with van der Waals surface area (Å²) in [6, 6.07) is -0.588. The molecule has 3 nitrogen and oxygen atoms in total. The van der Waals surface area contributed by atoms with Gasteiger partial charge in [0, 0.05) is 32.7 Å². The Balaban J connectivity index is 1.98. The smallest absolute Gasteiger partial charge is 0.276 e. The van der Waals surface area contributed by atoms with Crippen LogP contribution in [0.5, 0.6) is 0 Å². The second-order valence-corrected chi connectivity index (χ2v) is 3.69. The molecule has 1 unspecified atom stereocenters. The van der Waals surface area contributed by atoms with E-state index in [2.05, 4.69) is 10.6 Å². The molecule has 5 heteroatoms. The van der Waals surface area contributed by atoms with Gasteiger partial charge in [0.2, 0.25) is 0 Å². The maximum absolute atomic E-state index is 13.3. The Morgan fingerprint density at radius 3 is 2.38 bits per heavy atom. The van der Waals surface area contributed by atoms with Gasteiger partial charge in [-0.1, -0.05) is 0 Å². The van der Waals surface area contributed by atoms with Gasteiger partial charge in [-0.15, -0.1) is 0 Å². The van der Waals surface area contributed by atoms with Crippen LogP contribution in [0, 0.1) is 0 Å². The van der Waals surface area contributed by atoms with Crippen LogP contribution in [0.3, 0.4) is 0 Å². The third-order valence-corrected chi connectivity index (χ3v) is 2.78. The van der Waals surface area contributed by atoms with Crippen molar-refractivity contribution in [2.75, 3.05) is 39.3 Å². The lowest BCUT2D eigenvalue weighted by Gasteiger charge is -2.34. The molecule has 0 radical (unpaired) electrons. The molecule has 0 amide bonds. The van der Waals surface area contributed by atoms with Crippen molar-refractivity contribution >= 4 is 0 Å². The normalized spacial score (nSPS) is 35.1. The van der Waals surface area contributed by atoms with Gasteiger partial charge in [-0.2, -0.15) is 0 Å². The molecule has 2 heterocycles. The highest BCUT2D eigenvalue weighted by atomic mass is 19.3. The maximum atomic E-state index is 13.3. The molecule has 0 bridgehead atoms. The molecule has 2 rings (SSSR count). The molecule has 2 aliphatic rings. The van der Waals surface area contributed by atoms with Crippen LogP contribution in [0.4, 0.5) is 8.78 Å². The third-order valence-electron chi connectivity index (χ3n) is 2.78. The molecule has 2 aliphatic heterocycles. The molecule has 0 aromatic heterocycles. The van der Waals surface area contributed by atoms with E-state index in [0.717, 1.165) is 26.2 Å².